The molecule has 2 aromatic carbocycles. The van der Waals surface area contributed by atoms with Crippen molar-refractivity contribution in [2.45, 2.75) is 12.5 Å². The van der Waals surface area contributed by atoms with Gasteiger partial charge in [-0.2, -0.15) is 0 Å². The molecule has 5 heteroatoms. The van der Waals surface area contributed by atoms with E-state index in [1.54, 1.807) is 7.11 Å². The third-order valence-corrected chi connectivity index (χ3v) is 3.86. The van der Waals surface area contributed by atoms with E-state index in [2.05, 4.69) is 16.4 Å². The van der Waals surface area contributed by atoms with Crippen LogP contribution in [0.5, 0.6) is 5.75 Å². The summed E-state index contributed by atoms with van der Waals surface area (Å²) in [6.07, 6.45) is 0. The number of benzene rings is 2. The molecule has 120 valence electrons. The van der Waals surface area contributed by atoms with E-state index in [9.17, 15) is 0 Å². The predicted molar refractivity (Wildman–Crippen MR) is 91.9 cm³/mol. The maximum atomic E-state index is 6.03. The topological polar surface area (TPSA) is 68.9 Å². The summed E-state index contributed by atoms with van der Waals surface area (Å²) < 4.78 is 10.9. The van der Waals surface area contributed by atoms with Crippen LogP contribution in [0.4, 0.5) is 5.69 Å². The van der Waals surface area contributed by atoms with Crippen LogP contribution in [0.15, 0.2) is 53.5 Å². The number of hydrogen-bond acceptors (Lipinski definition) is 3. The monoisotopic (exact) mass is 311 g/mol. The fourth-order valence-corrected chi connectivity index (χ4v) is 2.69. The molecule has 0 amide bonds. The molecule has 0 spiro atoms. The lowest BCUT2D eigenvalue weighted by Gasteiger charge is -2.11. The Morgan fingerprint density at radius 3 is 2.91 bits per heavy atom. The van der Waals surface area contributed by atoms with E-state index in [0.29, 0.717) is 25.7 Å². The highest BCUT2D eigenvalue weighted by molar-refractivity contribution is 5.93. The predicted octanol–water partition coefficient (Wildman–Crippen LogP) is 2.74. The van der Waals surface area contributed by atoms with Gasteiger partial charge in [0.1, 0.15) is 5.75 Å². The zero-order chi connectivity index (χ0) is 16.1. The molecule has 0 saturated heterocycles. The second-order valence-electron chi connectivity index (χ2n) is 5.49. The minimum Gasteiger partial charge on any atom is -0.493 e. The summed E-state index contributed by atoms with van der Waals surface area (Å²) in [6, 6.07) is 16.0. The molecule has 3 N–H and O–H groups in total. The van der Waals surface area contributed by atoms with Gasteiger partial charge >= 0.3 is 0 Å². The van der Waals surface area contributed by atoms with Crippen molar-refractivity contribution >= 4 is 11.6 Å². The van der Waals surface area contributed by atoms with Crippen LogP contribution in [-0.4, -0.2) is 26.2 Å². The van der Waals surface area contributed by atoms with Crippen molar-refractivity contribution in [3.8, 4) is 5.75 Å². The van der Waals surface area contributed by atoms with Gasteiger partial charge in [0, 0.05) is 29.8 Å². The minimum absolute atomic E-state index is 0.251. The first-order valence-electron chi connectivity index (χ1n) is 7.63. The number of fused-ring (bicyclic) bond motifs is 1. The molecule has 1 heterocycles. The lowest BCUT2D eigenvalue weighted by Crippen LogP contribution is -2.24. The molecule has 0 saturated carbocycles. The normalized spacial score (nSPS) is 16.7. The van der Waals surface area contributed by atoms with Crippen molar-refractivity contribution in [3.05, 3.63) is 59.7 Å². The van der Waals surface area contributed by atoms with Crippen molar-refractivity contribution in [1.82, 2.24) is 0 Å². The molecule has 2 aromatic rings. The van der Waals surface area contributed by atoms with Crippen molar-refractivity contribution in [2.24, 2.45) is 10.7 Å². The van der Waals surface area contributed by atoms with Gasteiger partial charge in [-0.15, -0.1) is 0 Å². The highest BCUT2D eigenvalue weighted by Gasteiger charge is 2.23. The Balaban J connectivity index is 1.65. The number of nitrogens with zero attached hydrogens (tertiary/aromatic N) is 1. The zero-order valence-corrected chi connectivity index (χ0v) is 13.2. The molecule has 0 bridgehead atoms. The Hall–Kier alpha value is -2.53. The third-order valence-electron chi connectivity index (χ3n) is 3.86. The molecule has 1 aliphatic heterocycles. The summed E-state index contributed by atoms with van der Waals surface area (Å²) >= 11 is 0. The van der Waals surface area contributed by atoms with E-state index < -0.39 is 0 Å². The molecule has 0 radical (unpaired) electrons. The second kappa shape index (κ2) is 7.15. The van der Waals surface area contributed by atoms with Gasteiger partial charge in [0.05, 0.1) is 19.8 Å². The quantitative estimate of drug-likeness (QED) is 0.658. The number of rotatable bonds is 5. The van der Waals surface area contributed by atoms with Crippen LogP contribution < -0.4 is 15.8 Å². The number of aliphatic imine (C=N–C) groups is 1. The first-order valence-corrected chi connectivity index (χ1v) is 7.63. The largest absolute Gasteiger partial charge is 0.493 e. The fourth-order valence-electron chi connectivity index (χ4n) is 2.69. The van der Waals surface area contributed by atoms with Crippen LogP contribution in [0.1, 0.15) is 17.0 Å². The molecule has 23 heavy (non-hydrogen) atoms. The number of anilines is 1. The second-order valence-corrected chi connectivity index (χ2v) is 5.49. The average Bonchev–Trinajstić information content (AvgIpc) is 2.98. The van der Waals surface area contributed by atoms with E-state index in [0.717, 1.165) is 17.0 Å². The summed E-state index contributed by atoms with van der Waals surface area (Å²) in [5.74, 6) is 1.60. The molecule has 1 atom stereocenters. The molecular weight excluding hydrogens is 290 g/mol. The molecule has 3 rings (SSSR count). The highest BCUT2D eigenvalue weighted by Crippen LogP contribution is 2.33. The van der Waals surface area contributed by atoms with Crippen LogP contribution in [0.2, 0.25) is 0 Å². The van der Waals surface area contributed by atoms with Gasteiger partial charge in [-0.05, 0) is 12.1 Å². The Labute approximate surface area is 136 Å². The average molecular weight is 311 g/mol. The van der Waals surface area contributed by atoms with Crippen LogP contribution >= 0.6 is 0 Å². The summed E-state index contributed by atoms with van der Waals surface area (Å²) in [6.45, 7) is 1.78. The standard InChI is InChI=1S/C18H21N3O2/c1-22-11-13-6-2-4-8-16(13)21-18(19)20-10-14-12-23-17-9-5-3-7-15(14)17/h2-9,14H,10-12H2,1H3,(H3,19,20,21). The van der Waals surface area contributed by atoms with Crippen LogP contribution in [0.3, 0.4) is 0 Å². The summed E-state index contributed by atoms with van der Waals surface area (Å²) in [5, 5.41) is 3.15. The fraction of sp³-hybridized carbons (Fsp3) is 0.278. The molecule has 0 aromatic heterocycles. The van der Waals surface area contributed by atoms with E-state index in [1.165, 1.54) is 5.56 Å². The zero-order valence-electron chi connectivity index (χ0n) is 13.2. The lowest BCUT2D eigenvalue weighted by atomic mass is 10.0. The number of nitrogens with one attached hydrogen (secondary N) is 1. The first-order chi connectivity index (χ1) is 11.3. The summed E-state index contributed by atoms with van der Waals surface area (Å²) in [5.41, 5.74) is 9.18. The number of nitrogens with two attached hydrogens (primary N) is 1. The van der Waals surface area contributed by atoms with E-state index in [1.807, 2.05) is 42.5 Å². The van der Waals surface area contributed by atoms with Gasteiger partial charge in [-0.3, -0.25) is 4.99 Å². The van der Waals surface area contributed by atoms with E-state index >= 15 is 0 Å². The number of ether oxygens (including phenoxy) is 2. The number of para-hydroxylation sites is 2. The van der Waals surface area contributed by atoms with Gasteiger partial charge in [0.25, 0.3) is 0 Å². The maximum absolute atomic E-state index is 6.03. The Kier molecular flexibility index (Phi) is 4.78. The number of hydrogen-bond donors (Lipinski definition) is 2. The molecule has 1 unspecified atom stereocenters. The first kappa shape index (κ1) is 15.4. The summed E-state index contributed by atoms with van der Waals surface area (Å²) in [4.78, 5) is 4.46. The van der Waals surface area contributed by atoms with E-state index in [-0.39, 0.29) is 5.92 Å². The van der Waals surface area contributed by atoms with Gasteiger partial charge in [-0.1, -0.05) is 36.4 Å². The minimum atomic E-state index is 0.251. The van der Waals surface area contributed by atoms with Gasteiger partial charge in [0.15, 0.2) is 5.96 Å². The number of guanidine groups is 1. The van der Waals surface area contributed by atoms with Gasteiger partial charge in [-0.25, -0.2) is 0 Å². The van der Waals surface area contributed by atoms with Crippen molar-refractivity contribution in [1.29, 1.82) is 0 Å². The highest BCUT2D eigenvalue weighted by atomic mass is 16.5. The molecule has 1 aliphatic rings. The SMILES string of the molecule is COCc1ccccc1NC(N)=NCC1COc2ccccc21. The third kappa shape index (κ3) is 3.63. The Morgan fingerprint density at radius 2 is 2.04 bits per heavy atom. The van der Waals surface area contributed by atoms with E-state index in [4.69, 9.17) is 15.2 Å². The Bertz CT molecular complexity index is 700. The van der Waals surface area contributed by atoms with Crippen LogP contribution in [0.25, 0.3) is 0 Å². The molecule has 5 nitrogen and oxygen atoms in total. The lowest BCUT2D eigenvalue weighted by molar-refractivity contribution is 0.185. The molecule has 0 aliphatic carbocycles. The van der Waals surface area contributed by atoms with Crippen molar-refractivity contribution in [2.75, 3.05) is 25.6 Å². The maximum Gasteiger partial charge on any atom is 0.193 e. The van der Waals surface area contributed by atoms with Gasteiger partial charge in [0.2, 0.25) is 0 Å². The molecular formula is C18H21N3O2. The smallest absolute Gasteiger partial charge is 0.193 e. The molecule has 0 fully saturated rings. The summed E-state index contributed by atoms with van der Waals surface area (Å²) in [7, 11) is 1.67. The number of methoxy groups -OCH3 is 1. The Morgan fingerprint density at radius 1 is 1.26 bits per heavy atom. The van der Waals surface area contributed by atoms with Crippen molar-refractivity contribution in [3.63, 3.8) is 0 Å². The van der Waals surface area contributed by atoms with Crippen LogP contribution in [0, 0.1) is 0 Å². The van der Waals surface area contributed by atoms with Crippen LogP contribution in [-0.2, 0) is 11.3 Å². The van der Waals surface area contributed by atoms with Crippen molar-refractivity contribution < 1.29 is 9.47 Å². The van der Waals surface area contributed by atoms with Gasteiger partial charge < -0.3 is 20.5 Å².